The van der Waals surface area contributed by atoms with E-state index in [1.165, 1.54) is 40.6 Å². The Labute approximate surface area is 184 Å². The maximum absolute atomic E-state index is 12.5. The molecule has 1 aromatic carbocycles. The van der Waals surface area contributed by atoms with Crippen LogP contribution in [-0.2, 0) is 17.6 Å². The highest BCUT2D eigenvalue weighted by molar-refractivity contribution is 8.01. The number of hydrogen-bond donors (Lipinski definition) is 1. The van der Waals surface area contributed by atoms with Crippen molar-refractivity contribution >= 4 is 45.0 Å². The summed E-state index contributed by atoms with van der Waals surface area (Å²) < 4.78 is 2.12. The zero-order chi connectivity index (χ0) is 20.3. The molecule has 6 nitrogen and oxygen atoms in total. The number of piperidine rings is 1. The van der Waals surface area contributed by atoms with Crippen molar-refractivity contribution in [1.29, 1.82) is 0 Å². The molecule has 2 aromatic heterocycles. The summed E-state index contributed by atoms with van der Waals surface area (Å²) in [6.07, 6.45) is 8.24. The van der Waals surface area contributed by atoms with Gasteiger partial charge in [0.15, 0.2) is 4.34 Å². The first-order valence-electron chi connectivity index (χ1n) is 10.6. The van der Waals surface area contributed by atoms with E-state index in [1.807, 2.05) is 18.2 Å². The van der Waals surface area contributed by atoms with Crippen molar-refractivity contribution in [3.63, 3.8) is 0 Å². The minimum absolute atomic E-state index is 0.0946. The molecule has 2 aliphatic rings. The fourth-order valence-electron chi connectivity index (χ4n) is 4.32. The lowest BCUT2D eigenvalue weighted by atomic mass is 9.95. The number of hydrogen-bond acceptors (Lipinski definition) is 7. The van der Waals surface area contributed by atoms with E-state index >= 15 is 0 Å². The van der Waals surface area contributed by atoms with E-state index in [0.717, 1.165) is 54.4 Å². The molecule has 3 heterocycles. The molecule has 1 aliphatic heterocycles. The predicted octanol–water partition coefficient (Wildman–Crippen LogP) is 3.84. The Kier molecular flexibility index (Phi) is 5.86. The average molecular weight is 440 g/mol. The summed E-state index contributed by atoms with van der Waals surface area (Å²) >= 11 is 3.17. The molecule has 0 saturated carbocycles. The van der Waals surface area contributed by atoms with Crippen LogP contribution in [0.5, 0.6) is 0 Å². The van der Waals surface area contributed by atoms with Gasteiger partial charge in [-0.05, 0) is 50.7 Å². The first-order valence-corrected chi connectivity index (χ1v) is 12.4. The van der Waals surface area contributed by atoms with Gasteiger partial charge < -0.3 is 10.2 Å². The van der Waals surface area contributed by atoms with Gasteiger partial charge in [-0.3, -0.25) is 4.79 Å². The van der Waals surface area contributed by atoms with E-state index in [-0.39, 0.29) is 11.9 Å². The van der Waals surface area contributed by atoms with E-state index < -0.39 is 0 Å². The smallest absolute Gasteiger partial charge is 0.230 e. The molecule has 0 radical (unpaired) electrons. The number of aryl methyl sites for hydroxylation is 1. The molecule has 0 bridgehead atoms. The fraction of sp³-hybridized carbons (Fsp3) is 0.455. The Hall–Kier alpha value is -2.19. The molecule has 1 amide bonds. The predicted molar refractivity (Wildman–Crippen MR) is 122 cm³/mol. The fourth-order valence-corrected chi connectivity index (χ4v) is 6.20. The molecule has 0 spiro atoms. The van der Waals surface area contributed by atoms with Crippen LogP contribution in [0.4, 0.5) is 5.82 Å². The van der Waals surface area contributed by atoms with E-state index in [9.17, 15) is 4.79 Å². The molecule has 5 rings (SSSR count). The van der Waals surface area contributed by atoms with E-state index in [4.69, 9.17) is 0 Å². The lowest BCUT2D eigenvalue weighted by Crippen LogP contribution is -2.45. The van der Waals surface area contributed by atoms with Gasteiger partial charge >= 0.3 is 0 Å². The molecule has 30 heavy (non-hydrogen) atoms. The topological polar surface area (TPSA) is 71.0 Å². The quantitative estimate of drug-likeness (QED) is 0.609. The number of thiazole rings is 1. The zero-order valence-corrected chi connectivity index (χ0v) is 18.5. The highest BCUT2D eigenvalue weighted by atomic mass is 32.2. The van der Waals surface area contributed by atoms with Crippen molar-refractivity contribution in [2.24, 2.45) is 0 Å². The van der Waals surface area contributed by atoms with Crippen LogP contribution in [0.2, 0.25) is 0 Å². The normalized spacial score (nSPS) is 17.1. The van der Waals surface area contributed by atoms with Gasteiger partial charge in [0.2, 0.25) is 5.91 Å². The molecular formula is C22H25N5OS2. The number of carbonyl (C=O) groups excluding carboxylic acids is 1. The number of benzene rings is 1. The van der Waals surface area contributed by atoms with Crippen LogP contribution in [-0.4, -0.2) is 45.7 Å². The SMILES string of the molecule is O=C(CSc1nc2ccccc2s1)NC1CCN(c2ncnc3c2CCCC3)CC1. The van der Waals surface area contributed by atoms with Crippen molar-refractivity contribution in [2.45, 2.75) is 48.9 Å². The summed E-state index contributed by atoms with van der Waals surface area (Å²) in [7, 11) is 0. The van der Waals surface area contributed by atoms with E-state index in [2.05, 4.69) is 31.2 Å². The summed E-state index contributed by atoms with van der Waals surface area (Å²) in [5.41, 5.74) is 3.58. The first kappa shape index (κ1) is 19.8. The number of rotatable bonds is 5. The minimum atomic E-state index is 0.0946. The van der Waals surface area contributed by atoms with Crippen molar-refractivity contribution in [3.8, 4) is 0 Å². The summed E-state index contributed by atoms with van der Waals surface area (Å²) in [5, 5.41) is 3.21. The van der Waals surface area contributed by atoms with Crippen molar-refractivity contribution in [3.05, 3.63) is 41.9 Å². The molecule has 3 aromatic rings. The maximum Gasteiger partial charge on any atom is 0.230 e. The summed E-state index contributed by atoms with van der Waals surface area (Å²) in [4.78, 5) is 28.5. The van der Waals surface area contributed by atoms with Gasteiger partial charge in [-0.1, -0.05) is 23.9 Å². The van der Waals surface area contributed by atoms with E-state index in [1.54, 1.807) is 17.7 Å². The van der Waals surface area contributed by atoms with Crippen LogP contribution in [0, 0.1) is 0 Å². The van der Waals surface area contributed by atoms with Crippen molar-refractivity contribution < 1.29 is 4.79 Å². The second-order valence-electron chi connectivity index (χ2n) is 7.89. The van der Waals surface area contributed by atoms with Crippen LogP contribution in [0.25, 0.3) is 10.2 Å². The minimum Gasteiger partial charge on any atom is -0.356 e. The van der Waals surface area contributed by atoms with Gasteiger partial charge in [0.1, 0.15) is 12.1 Å². The molecule has 0 unspecified atom stereocenters. The van der Waals surface area contributed by atoms with Gasteiger partial charge in [-0.25, -0.2) is 15.0 Å². The molecule has 0 atom stereocenters. The van der Waals surface area contributed by atoms with Crippen LogP contribution < -0.4 is 10.2 Å². The Morgan fingerprint density at radius 1 is 1.17 bits per heavy atom. The van der Waals surface area contributed by atoms with Gasteiger partial charge in [0.05, 0.1) is 16.0 Å². The standard InChI is InChI=1S/C22H25N5OS2/c28-20(13-29-22-26-18-7-3-4-8-19(18)30-22)25-15-9-11-27(12-10-15)21-16-5-1-2-6-17(16)23-14-24-21/h3-4,7-8,14-15H,1-2,5-6,9-13H2,(H,25,28). The monoisotopic (exact) mass is 439 g/mol. The lowest BCUT2D eigenvalue weighted by Gasteiger charge is -2.35. The van der Waals surface area contributed by atoms with Crippen molar-refractivity contribution in [1.82, 2.24) is 20.3 Å². The summed E-state index contributed by atoms with van der Waals surface area (Å²) in [5.74, 6) is 1.63. The summed E-state index contributed by atoms with van der Waals surface area (Å²) in [6.45, 7) is 1.86. The van der Waals surface area contributed by atoms with Crippen molar-refractivity contribution in [2.75, 3.05) is 23.7 Å². The third-order valence-corrected chi connectivity index (χ3v) is 8.04. The molecule has 1 saturated heterocycles. The highest BCUT2D eigenvalue weighted by Gasteiger charge is 2.25. The molecule has 8 heteroatoms. The third kappa shape index (κ3) is 4.30. The third-order valence-electron chi connectivity index (χ3n) is 5.86. The van der Waals surface area contributed by atoms with Gasteiger partial charge in [0, 0.05) is 30.4 Å². The Morgan fingerprint density at radius 3 is 2.87 bits per heavy atom. The number of nitrogens with one attached hydrogen (secondary N) is 1. The number of nitrogens with zero attached hydrogens (tertiary/aromatic N) is 4. The molecule has 156 valence electrons. The Morgan fingerprint density at radius 2 is 2.00 bits per heavy atom. The second kappa shape index (κ2) is 8.89. The van der Waals surface area contributed by atoms with Gasteiger partial charge in [0.25, 0.3) is 0 Å². The lowest BCUT2D eigenvalue weighted by molar-refractivity contribution is -0.119. The van der Waals surface area contributed by atoms with Crippen LogP contribution in [0.3, 0.4) is 0 Å². The number of amides is 1. The van der Waals surface area contributed by atoms with E-state index in [0.29, 0.717) is 5.75 Å². The van der Waals surface area contributed by atoms with Gasteiger partial charge in [-0.15, -0.1) is 11.3 Å². The van der Waals surface area contributed by atoms with Gasteiger partial charge in [-0.2, -0.15) is 0 Å². The number of anilines is 1. The number of fused-ring (bicyclic) bond motifs is 2. The molecule has 1 fully saturated rings. The maximum atomic E-state index is 12.5. The number of para-hydroxylation sites is 1. The highest BCUT2D eigenvalue weighted by Crippen LogP contribution is 2.30. The number of carbonyl (C=O) groups is 1. The van der Waals surface area contributed by atoms with Crippen LogP contribution in [0.1, 0.15) is 36.9 Å². The van der Waals surface area contributed by atoms with Crippen LogP contribution in [0.15, 0.2) is 34.9 Å². The average Bonchev–Trinajstić information content (AvgIpc) is 3.21. The van der Waals surface area contributed by atoms with Crippen LogP contribution >= 0.6 is 23.1 Å². The largest absolute Gasteiger partial charge is 0.356 e. The zero-order valence-electron chi connectivity index (χ0n) is 16.8. The number of thioether (sulfide) groups is 1. The summed E-state index contributed by atoms with van der Waals surface area (Å²) in [6, 6.07) is 8.33. The number of aromatic nitrogens is 3. The molecule has 1 N–H and O–H groups in total. The second-order valence-corrected chi connectivity index (χ2v) is 10.1. The Bertz CT molecular complexity index is 1010. The molecule has 1 aliphatic carbocycles. The molecular weight excluding hydrogens is 414 g/mol. The first-order chi connectivity index (χ1) is 14.8. The Balaban J connectivity index is 1.12.